The Morgan fingerprint density at radius 1 is 1.07 bits per heavy atom. The fourth-order valence-electron chi connectivity index (χ4n) is 3.56. The largest absolute Gasteiger partial charge is 0.493 e. The van der Waals surface area contributed by atoms with E-state index in [1.54, 1.807) is 32.4 Å². The number of hydrogen-bond acceptors (Lipinski definition) is 5. The van der Waals surface area contributed by atoms with E-state index in [0.717, 1.165) is 31.0 Å². The summed E-state index contributed by atoms with van der Waals surface area (Å²) in [7, 11) is 3.16. The van der Waals surface area contributed by atoms with Crippen molar-refractivity contribution >= 4 is 17.4 Å². The van der Waals surface area contributed by atoms with Gasteiger partial charge in [-0.2, -0.15) is 0 Å². The van der Waals surface area contributed by atoms with Crippen LogP contribution in [-0.4, -0.2) is 65.6 Å². The number of carbonyl (C=O) groups is 1. The number of methoxy groups -OCH3 is 2. The van der Waals surface area contributed by atoms with Gasteiger partial charge in [-0.1, -0.05) is 6.07 Å². The van der Waals surface area contributed by atoms with E-state index >= 15 is 0 Å². The number of ether oxygens (including phenoxy) is 2. The van der Waals surface area contributed by atoms with Crippen molar-refractivity contribution in [1.29, 1.82) is 0 Å². The Balaban J connectivity index is 1.33. The molecule has 0 spiro atoms. The van der Waals surface area contributed by atoms with E-state index in [9.17, 15) is 4.79 Å². The van der Waals surface area contributed by atoms with Gasteiger partial charge in [0.1, 0.15) is 5.65 Å². The molecule has 0 aliphatic carbocycles. The number of amides is 2. The van der Waals surface area contributed by atoms with Crippen LogP contribution in [0.15, 0.2) is 48.8 Å². The first kappa shape index (κ1) is 19.1. The van der Waals surface area contributed by atoms with Gasteiger partial charge in [-0.05, 0) is 24.3 Å². The van der Waals surface area contributed by atoms with Crippen molar-refractivity contribution in [2.75, 3.05) is 45.7 Å². The van der Waals surface area contributed by atoms with Crippen LogP contribution in [0.5, 0.6) is 11.5 Å². The maximum Gasteiger partial charge on any atom is 0.321 e. The number of pyridine rings is 1. The number of anilines is 1. The van der Waals surface area contributed by atoms with Crippen molar-refractivity contribution in [3.05, 3.63) is 54.5 Å². The van der Waals surface area contributed by atoms with Crippen LogP contribution >= 0.6 is 0 Å². The highest BCUT2D eigenvalue weighted by atomic mass is 16.5. The van der Waals surface area contributed by atoms with Crippen molar-refractivity contribution in [3.8, 4) is 11.5 Å². The van der Waals surface area contributed by atoms with Gasteiger partial charge in [-0.15, -0.1) is 0 Å². The highest BCUT2D eigenvalue weighted by Gasteiger charge is 2.22. The summed E-state index contributed by atoms with van der Waals surface area (Å²) in [6, 6.07) is 11.2. The first-order valence-corrected chi connectivity index (χ1v) is 9.59. The summed E-state index contributed by atoms with van der Waals surface area (Å²) in [6.45, 7) is 3.81. The lowest BCUT2D eigenvalue weighted by molar-refractivity contribution is 0.142. The molecule has 1 saturated heterocycles. The lowest BCUT2D eigenvalue weighted by Gasteiger charge is -2.34. The van der Waals surface area contributed by atoms with Crippen LogP contribution in [0.4, 0.5) is 10.5 Å². The average Bonchev–Trinajstić information content (AvgIpc) is 3.17. The molecule has 0 saturated carbocycles. The van der Waals surface area contributed by atoms with Crippen LogP contribution in [0.1, 0.15) is 5.69 Å². The molecule has 1 fully saturated rings. The van der Waals surface area contributed by atoms with E-state index < -0.39 is 0 Å². The van der Waals surface area contributed by atoms with Gasteiger partial charge in [0, 0.05) is 50.7 Å². The standard InChI is InChI=1S/C21H25N5O3/c1-28-18-7-6-16(13-19(18)29-2)23-21(27)25-11-9-24(10-12-25)15-17-14-22-20-5-3-4-8-26(17)20/h3-8,13-14H,9-12,15H2,1-2H3,(H,23,27). The van der Waals surface area contributed by atoms with Gasteiger partial charge in [0.05, 0.1) is 26.1 Å². The molecule has 2 amide bonds. The molecule has 152 valence electrons. The molecule has 0 bridgehead atoms. The van der Waals surface area contributed by atoms with E-state index in [2.05, 4.69) is 19.6 Å². The Labute approximate surface area is 169 Å². The quantitative estimate of drug-likeness (QED) is 0.719. The Hall–Kier alpha value is -3.26. The minimum Gasteiger partial charge on any atom is -0.493 e. The second kappa shape index (κ2) is 8.40. The SMILES string of the molecule is COc1ccc(NC(=O)N2CCN(Cc3cnc4ccccn34)CC2)cc1OC. The summed E-state index contributed by atoms with van der Waals surface area (Å²) in [6.07, 6.45) is 3.95. The molecular formula is C21H25N5O3. The van der Waals surface area contributed by atoms with Gasteiger partial charge in [-0.3, -0.25) is 4.90 Å². The minimum atomic E-state index is -0.105. The van der Waals surface area contributed by atoms with Gasteiger partial charge >= 0.3 is 6.03 Å². The molecule has 8 heteroatoms. The van der Waals surface area contributed by atoms with Crippen LogP contribution in [0.25, 0.3) is 5.65 Å². The fraction of sp³-hybridized carbons (Fsp3) is 0.333. The number of hydrogen-bond donors (Lipinski definition) is 1. The normalized spacial score (nSPS) is 14.8. The summed E-state index contributed by atoms with van der Waals surface area (Å²) in [4.78, 5) is 21.3. The zero-order valence-corrected chi connectivity index (χ0v) is 16.7. The topological polar surface area (TPSA) is 71.3 Å². The van der Waals surface area contributed by atoms with Crippen molar-refractivity contribution in [3.63, 3.8) is 0 Å². The van der Waals surface area contributed by atoms with Crippen LogP contribution < -0.4 is 14.8 Å². The van der Waals surface area contributed by atoms with Crippen LogP contribution in [0.2, 0.25) is 0 Å². The van der Waals surface area contributed by atoms with E-state index in [1.807, 2.05) is 35.5 Å². The third kappa shape index (κ3) is 4.12. The summed E-state index contributed by atoms with van der Waals surface area (Å²) < 4.78 is 12.6. The smallest absolute Gasteiger partial charge is 0.321 e. The summed E-state index contributed by atoms with van der Waals surface area (Å²) >= 11 is 0. The maximum absolute atomic E-state index is 12.6. The van der Waals surface area contributed by atoms with Crippen molar-refractivity contribution in [2.24, 2.45) is 0 Å². The predicted octanol–water partition coefficient (Wildman–Crippen LogP) is 2.70. The van der Waals surface area contributed by atoms with Crippen molar-refractivity contribution < 1.29 is 14.3 Å². The molecule has 0 atom stereocenters. The zero-order chi connectivity index (χ0) is 20.2. The molecule has 0 radical (unpaired) electrons. The monoisotopic (exact) mass is 395 g/mol. The van der Waals surface area contributed by atoms with Gasteiger partial charge < -0.3 is 24.1 Å². The van der Waals surface area contributed by atoms with E-state index in [4.69, 9.17) is 9.47 Å². The molecule has 4 rings (SSSR count). The molecular weight excluding hydrogens is 370 g/mol. The first-order valence-electron chi connectivity index (χ1n) is 9.59. The van der Waals surface area contributed by atoms with Crippen LogP contribution in [-0.2, 0) is 6.54 Å². The summed E-state index contributed by atoms with van der Waals surface area (Å²) in [5.74, 6) is 1.22. The Morgan fingerprint density at radius 3 is 2.62 bits per heavy atom. The second-order valence-corrected chi connectivity index (χ2v) is 6.94. The molecule has 0 unspecified atom stereocenters. The number of fused-ring (bicyclic) bond motifs is 1. The highest BCUT2D eigenvalue weighted by molar-refractivity contribution is 5.89. The van der Waals surface area contributed by atoms with Crippen LogP contribution in [0.3, 0.4) is 0 Å². The lowest BCUT2D eigenvalue weighted by Crippen LogP contribution is -2.49. The molecule has 2 aromatic heterocycles. The number of rotatable bonds is 5. The zero-order valence-electron chi connectivity index (χ0n) is 16.7. The van der Waals surface area contributed by atoms with Gasteiger partial charge in [0.15, 0.2) is 11.5 Å². The molecule has 1 N–H and O–H groups in total. The summed E-state index contributed by atoms with van der Waals surface area (Å²) in [5.41, 5.74) is 2.79. The van der Waals surface area contributed by atoms with E-state index in [-0.39, 0.29) is 6.03 Å². The molecule has 1 aliphatic rings. The number of piperazine rings is 1. The molecule has 1 aromatic carbocycles. The molecule has 29 heavy (non-hydrogen) atoms. The van der Waals surface area contributed by atoms with Gasteiger partial charge in [0.25, 0.3) is 0 Å². The lowest BCUT2D eigenvalue weighted by atomic mass is 10.2. The molecule has 3 heterocycles. The Kier molecular flexibility index (Phi) is 5.53. The molecule has 1 aliphatic heterocycles. The average molecular weight is 395 g/mol. The molecule has 8 nitrogen and oxygen atoms in total. The predicted molar refractivity (Wildman–Crippen MR) is 111 cm³/mol. The molecule has 3 aromatic rings. The van der Waals surface area contributed by atoms with Crippen LogP contribution in [0, 0.1) is 0 Å². The number of nitrogens with one attached hydrogen (secondary N) is 1. The highest BCUT2D eigenvalue weighted by Crippen LogP contribution is 2.29. The third-order valence-electron chi connectivity index (χ3n) is 5.17. The van der Waals surface area contributed by atoms with Crippen molar-refractivity contribution in [2.45, 2.75) is 6.54 Å². The minimum absolute atomic E-state index is 0.105. The fourth-order valence-corrected chi connectivity index (χ4v) is 3.56. The summed E-state index contributed by atoms with van der Waals surface area (Å²) in [5, 5.41) is 2.94. The Morgan fingerprint density at radius 2 is 1.86 bits per heavy atom. The second-order valence-electron chi connectivity index (χ2n) is 6.94. The van der Waals surface area contributed by atoms with Crippen molar-refractivity contribution in [1.82, 2.24) is 19.2 Å². The third-order valence-corrected chi connectivity index (χ3v) is 5.17. The number of carbonyl (C=O) groups excluding carboxylic acids is 1. The number of imidazole rings is 1. The van der Waals surface area contributed by atoms with E-state index in [0.29, 0.717) is 30.3 Å². The first-order chi connectivity index (χ1) is 14.2. The number of aromatic nitrogens is 2. The van der Waals surface area contributed by atoms with Gasteiger partial charge in [0.2, 0.25) is 0 Å². The number of benzene rings is 1. The van der Waals surface area contributed by atoms with Gasteiger partial charge in [-0.25, -0.2) is 9.78 Å². The number of urea groups is 1. The Bertz CT molecular complexity index is 995. The maximum atomic E-state index is 12.6. The van der Waals surface area contributed by atoms with E-state index in [1.165, 1.54) is 0 Å². The number of nitrogens with zero attached hydrogens (tertiary/aromatic N) is 4.